The summed E-state index contributed by atoms with van der Waals surface area (Å²) < 4.78 is 80.0. The predicted molar refractivity (Wildman–Crippen MR) is 106 cm³/mol. The van der Waals surface area contributed by atoms with Gasteiger partial charge in [0.15, 0.2) is 17.2 Å². The molecular weight excluding hydrogens is 453 g/mol. The third-order valence-corrected chi connectivity index (χ3v) is 5.82. The highest BCUT2D eigenvalue weighted by atomic mass is 19.4. The zero-order chi connectivity index (χ0) is 24.7. The number of primary amides is 1. The minimum atomic E-state index is -4.89. The highest BCUT2D eigenvalue weighted by Crippen LogP contribution is 2.54. The fourth-order valence-corrected chi connectivity index (χ4v) is 3.88. The molecule has 7 nitrogen and oxygen atoms in total. The van der Waals surface area contributed by atoms with Gasteiger partial charge >= 0.3 is 6.18 Å². The highest BCUT2D eigenvalue weighted by molar-refractivity contribution is 5.96. The molecule has 33 heavy (non-hydrogen) atoms. The number of nitrogens with one attached hydrogen (secondary N) is 1. The van der Waals surface area contributed by atoms with E-state index in [9.17, 15) is 31.5 Å². The molecule has 0 aliphatic carbocycles. The van der Waals surface area contributed by atoms with Gasteiger partial charge in [-0.05, 0) is 25.1 Å². The zero-order valence-electron chi connectivity index (χ0n) is 17.7. The summed E-state index contributed by atoms with van der Waals surface area (Å²) in [6.45, 7) is 1.97. The van der Waals surface area contributed by atoms with Crippen LogP contribution in [0.15, 0.2) is 30.3 Å². The van der Waals surface area contributed by atoms with Gasteiger partial charge in [0.1, 0.15) is 17.6 Å². The van der Waals surface area contributed by atoms with Crippen molar-refractivity contribution in [3.05, 3.63) is 53.2 Å². The number of pyridine rings is 1. The van der Waals surface area contributed by atoms with Crippen molar-refractivity contribution in [2.75, 3.05) is 12.4 Å². The molecule has 12 heteroatoms. The fraction of sp³-hybridized carbons (Fsp3) is 0.381. The molecule has 1 fully saturated rings. The van der Waals surface area contributed by atoms with Gasteiger partial charge in [-0.3, -0.25) is 9.59 Å². The van der Waals surface area contributed by atoms with Gasteiger partial charge in [-0.25, -0.2) is 9.37 Å². The summed E-state index contributed by atoms with van der Waals surface area (Å²) in [5.41, 5.74) is 2.00. The van der Waals surface area contributed by atoms with Gasteiger partial charge in [0.2, 0.25) is 5.82 Å². The lowest BCUT2D eigenvalue weighted by molar-refractivity contribution is -0.272. The number of benzene rings is 1. The molecule has 1 aliphatic rings. The van der Waals surface area contributed by atoms with Crippen molar-refractivity contribution in [1.29, 1.82) is 0 Å². The Kier molecular flexibility index (Phi) is 6.33. The maximum atomic E-state index is 14.3. The number of halogens is 5. The second-order valence-corrected chi connectivity index (χ2v) is 7.70. The number of hydrogen-bond donors (Lipinski definition) is 2. The average Bonchev–Trinajstić information content (AvgIpc) is 3.02. The highest BCUT2D eigenvalue weighted by Gasteiger charge is 2.65. The van der Waals surface area contributed by atoms with Crippen molar-refractivity contribution in [2.24, 2.45) is 11.7 Å². The first-order valence-corrected chi connectivity index (χ1v) is 9.66. The minimum Gasteiger partial charge on any atom is -0.493 e. The molecule has 1 saturated heterocycles. The van der Waals surface area contributed by atoms with Gasteiger partial charge in [0.05, 0.1) is 7.11 Å². The van der Waals surface area contributed by atoms with E-state index in [0.29, 0.717) is 0 Å². The zero-order valence-corrected chi connectivity index (χ0v) is 17.7. The van der Waals surface area contributed by atoms with Crippen molar-refractivity contribution < 1.29 is 41.0 Å². The molecule has 2 aromatic rings. The molecule has 1 aliphatic heterocycles. The summed E-state index contributed by atoms with van der Waals surface area (Å²) in [5, 5.41) is 2.29. The van der Waals surface area contributed by atoms with E-state index in [1.54, 1.807) is 0 Å². The number of amides is 2. The van der Waals surface area contributed by atoms with Crippen LogP contribution in [0.3, 0.4) is 0 Å². The Hall–Kier alpha value is -3.28. The number of nitrogens with zero attached hydrogens (tertiary/aromatic N) is 1. The molecule has 178 valence electrons. The lowest BCUT2D eigenvalue weighted by Crippen LogP contribution is -2.47. The van der Waals surface area contributed by atoms with E-state index in [0.717, 1.165) is 26.2 Å². The summed E-state index contributed by atoms with van der Waals surface area (Å²) >= 11 is 0. The van der Waals surface area contributed by atoms with E-state index >= 15 is 0 Å². The van der Waals surface area contributed by atoms with E-state index in [-0.39, 0.29) is 17.1 Å². The Balaban J connectivity index is 2.07. The van der Waals surface area contributed by atoms with Gasteiger partial charge in [-0.1, -0.05) is 19.1 Å². The molecule has 2 amide bonds. The summed E-state index contributed by atoms with van der Waals surface area (Å²) in [6.07, 6.45) is -6.68. The Morgan fingerprint density at radius 1 is 1.21 bits per heavy atom. The summed E-state index contributed by atoms with van der Waals surface area (Å²) in [4.78, 5) is 28.2. The quantitative estimate of drug-likeness (QED) is 0.647. The summed E-state index contributed by atoms with van der Waals surface area (Å²) in [7, 11) is 1.03. The number of hydrogen-bond acceptors (Lipinski definition) is 5. The van der Waals surface area contributed by atoms with E-state index in [1.165, 1.54) is 25.1 Å². The van der Waals surface area contributed by atoms with Crippen LogP contribution in [0.2, 0.25) is 0 Å². The smallest absolute Gasteiger partial charge is 0.417 e. The van der Waals surface area contributed by atoms with Gasteiger partial charge in [0, 0.05) is 17.4 Å². The molecule has 0 unspecified atom stereocenters. The van der Waals surface area contributed by atoms with E-state index in [2.05, 4.69) is 10.3 Å². The molecule has 0 bridgehead atoms. The number of ether oxygens (including phenoxy) is 2. The molecular formula is C21H20F5N3O4. The number of anilines is 1. The SMILES string of the molecule is COc1c([C@@H]2[C@@H](C(=O)Nc3cccc(C(N)=O)n3)O[C@](C)(C(F)(F)F)[C@H]2C)ccc(F)c1F. The molecule has 0 radical (unpaired) electrons. The average molecular weight is 473 g/mol. The van der Waals surface area contributed by atoms with Gasteiger partial charge < -0.3 is 20.5 Å². The molecule has 2 heterocycles. The van der Waals surface area contributed by atoms with Crippen LogP contribution >= 0.6 is 0 Å². The minimum absolute atomic E-state index is 0.163. The maximum Gasteiger partial charge on any atom is 0.417 e. The van der Waals surface area contributed by atoms with Crippen LogP contribution in [0.4, 0.5) is 27.8 Å². The second-order valence-electron chi connectivity index (χ2n) is 7.70. The number of carbonyl (C=O) groups is 2. The van der Waals surface area contributed by atoms with Crippen molar-refractivity contribution in [3.63, 3.8) is 0 Å². The first-order chi connectivity index (χ1) is 15.3. The first kappa shape index (κ1) is 24.4. The monoisotopic (exact) mass is 473 g/mol. The summed E-state index contributed by atoms with van der Waals surface area (Å²) in [6, 6.07) is 5.71. The lowest BCUT2D eigenvalue weighted by atomic mass is 9.77. The van der Waals surface area contributed by atoms with Crippen LogP contribution in [0, 0.1) is 17.6 Å². The van der Waals surface area contributed by atoms with Crippen LogP contribution in [0.1, 0.15) is 35.8 Å². The normalized spacial score (nSPS) is 25.0. The van der Waals surface area contributed by atoms with Crippen LogP contribution in [0.25, 0.3) is 0 Å². The van der Waals surface area contributed by atoms with Crippen LogP contribution < -0.4 is 15.8 Å². The van der Waals surface area contributed by atoms with Crippen molar-refractivity contribution in [2.45, 2.75) is 37.6 Å². The molecule has 1 aromatic carbocycles. The van der Waals surface area contributed by atoms with Crippen molar-refractivity contribution in [3.8, 4) is 5.75 Å². The molecule has 3 rings (SSSR count). The standard InChI is InChI=1S/C21H20F5N3O4/c1-9-14(10-7-8-11(22)15(23)16(10)32-3)17(33-20(9,2)21(24,25)26)19(31)29-13-6-4-5-12(28-13)18(27)30/h4-9,14,17H,1-3H3,(H2,27,30)(H,28,29,31)/t9-,14+,17-,20-/m0/s1. The first-order valence-electron chi connectivity index (χ1n) is 9.66. The number of alkyl halides is 3. The lowest BCUT2D eigenvalue weighted by Gasteiger charge is -2.32. The molecule has 0 saturated carbocycles. The number of rotatable bonds is 5. The fourth-order valence-electron chi connectivity index (χ4n) is 3.88. The topological polar surface area (TPSA) is 104 Å². The Morgan fingerprint density at radius 2 is 1.88 bits per heavy atom. The summed E-state index contributed by atoms with van der Waals surface area (Å²) in [5.74, 6) is -8.17. The van der Waals surface area contributed by atoms with Crippen LogP contribution in [-0.4, -0.2) is 41.8 Å². The Labute approximate surface area is 185 Å². The molecule has 4 atom stereocenters. The van der Waals surface area contributed by atoms with Crippen LogP contribution in [0.5, 0.6) is 5.75 Å². The Bertz CT molecular complexity index is 1090. The van der Waals surface area contributed by atoms with E-state index in [4.69, 9.17) is 15.2 Å². The van der Waals surface area contributed by atoms with Gasteiger partial charge in [-0.2, -0.15) is 17.6 Å². The second kappa shape index (κ2) is 8.58. The number of carbonyl (C=O) groups excluding carboxylic acids is 2. The van der Waals surface area contributed by atoms with Crippen molar-refractivity contribution >= 4 is 17.6 Å². The molecule has 1 aromatic heterocycles. The predicted octanol–water partition coefficient (Wildman–Crippen LogP) is 3.55. The van der Waals surface area contributed by atoms with Gasteiger partial charge in [-0.15, -0.1) is 0 Å². The third kappa shape index (κ3) is 4.22. The molecule has 3 N–H and O–H groups in total. The third-order valence-electron chi connectivity index (χ3n) is 5.82. The number of aromatic nitrogens is 1. The Morgan fingerprint density at radius 3 is 2.45 bits per heavy atom. The number of nitrogens with two attached hydrogens (primary N) is 1. The largest absolute Gasteiger partial charge is 0.493 e. The molecule has 0 spiro atoms. The number of methoxy groups -OCH3 is 1. The van der Waals surface area contributed by atoms with Crippen molar-refractivity contribution in [1.82, 2.24) is 4.98 Å². The van der Waals surface area contributed by atoms with E-state index in [1.807, 2.05) is 0 Å². The maximum absolute atomic E-state index is 14.3. The van der Waals surface area contributed by atoms with Gasteiger partial charge in [0.25, 0.3) is 11.8 Å². The van der Waals surface area contributed by atoms with Crippen LogP contribution in [-0.2, 0) is 9.53 Å². The van der Waals surface area contributed by atoms with E-state index < -0.39 is 58.9 Å².